The zero-order valence-corrected chi connectivity index (χ0v) is 21.4. The van der Waals surface area contributed by atoms with Crippen molar-refractivity contribution in [2.75, 3.05) is 10.6 Å². The van der Waals surface area contributed by atoms with Crippen LogP contribution < -0.4 is 10.6 Å². The molecule has 10 heteroatoms. The highest BCUT2D eigenvalue weighted by molar-refractivity contribution is 8.00. The topological polar surface area (TPSA) is 153 Å². The predicted molar refractivity (Wildman–Crippen MR) is 147 cm³/mol. The Labute approximate surface area is 228 Å². The maximum atomic E-state index is 13.3. The number of thioether (sulfide) groups is 1. The number of carboxylic acids is 2. The molecule has 3 unspecified atom stereocenters. The Hall–Kier alpha value is -4.57. The summed E-state index contributed by atoms with van der Waals surface area (Å²) in [5.41, 5.74) is 1.13. The summed E-state index contributed by atoms with van der Waals surface area (Å²) in [6.45, 7) is 0. The summed E-state index contributed by atoms with van der Waals surface area (Å²) in [6, 6.07) is 19.8. The lowest BCUT2D eigenvalue weighted by atomic mass is 9.82. The first kappa shape index (κ1) is 27.5. The molecule has 0 heterocycles. The molecule has 0 radical (unpaired) electrons. The Bertz CT molecular complexity index is 1410. The van der Waals surface area contributed by atoms with E-state index in [-0.39, 0.29) is 17.2 Å². The molecular formula is C29H26N2O7S. The predicted octanol–water partition coefficient (Wildman–Crippen LogP) is 5.17. The maximum absolute atomic E-state index is 13.3. The van der Waals surface area contributed by atoms with Gasteiger partial charge in [0.1, 0.15) is 16.6 Å². The van der Waals surface area contributed by atoms with Crippen LogP contribution in [0, 0.1) is 11.8 Å². The van der Waals surface area contributed by atoms with E-state index in [1.807, 2.05) is 36.4 Å². The third-order valence-electron chi connectivity index (χ3n) is 6.30. The van der Waals surface area contributed by atoms with Crippen molar-refractivity contribution in [2.45, 2.75) is 23.0 Å². The SMILES string of the molecule is O=C(O)c1cc(NC(=O)C(Sc2ccc(NC(=O)C3CC=CCC3C(=O)O)cc2)c2ccccc2)ccc1O. The van der Waals surface area contributed by atoms with Gasteiger partial charge in [0.25, 0.3) is 0 Å². The Morgan fingerprint density at radius 2 is 1.44 bits per heavy atom. The molecule has 0 spiro atoms. The molecule has 0 aromatic heterocycles. The molecule has 0 saturated heterocycles. The van der Waals surface area contributed by atoms with E-state index in [0.717, 1.165) is 10.5 Å². The van der Waals surface area contributed by atoms with E-state index in [4.69, 9.17) is 0 Å². The van der Waals surface area contributed by atoms with Crippen LogP contribution in [0.1, 0.15) is 34.0 Å². The zero-order valence-electron chi connectivity index (χ0n) is 20.6. The molecule has 0 aliphatic heterocycles. The Balaban J connectivity index is 1.48. The first-order valence-corrected chi connectivity index (χ1v) is 13.0. The quantitative estimate of drug-likeness (QED) is 0.140. The molecular weight excluding hydrogens is 520 g/mol. The lowest BCUT2D eigenvalue weighted by molar-refractivity contribution is -0.146. The van der Waals surface area contributed by atoms with Crippen molar-refractivity contribution in [1.82, 2.24) is 0 Å². The number of aromatic hydroxyl groups is 1. The molecule has 1 aliphatic carbocycles. The van der Waals surface area contributed by atoms with Crippen molar-refractivity contribution >= 4 is 46.9 Å². The zero-order chi connectivity index (χ0) is 27.9. The van der Waals surface area contributed by atoms with Crippen molar-refractivity contribution in [3.8, 4) is 5.75 Å². The van der Waals surface area contributed by atoms with E-state index in [1.54, 1.807) is 30.3 Å². The summed E-state index contributed by atoms with van der Waals surface area (Å²) in [6.07, 6.45) is 4.27. The number of carbonyl (C=O) groups excluding carboxylic acids is 2. The molecule has 9 nitrogen and oxygen atoms in total. The number of aliphatic carboxylic acids is 1. The number of allylic oxidation sites excluding steroid dienone is 2. The lowest BCUT2D eigenvalue weighted by Crippen LogP contribution is -2.34. The van der Waals surface area contributed by atoms with Crippen molar-refractivity contribution in [3.63, 3.8) is 0 Å². The van der Waals surface area contributed by atoms with E-state index >= 15 is 0 Å². The number of hydrogen-bond acceptors (Lipinski definition) is 6. The number of carbonyl (C=O) groups is 4. The van der Waals surface area contributed by atoms with E-state index in [1.165, 1.54) is 30.0 Å². The van der Waals surface area contributed by atoms with E-state index in [0.29, 0.717) is 18.5 Å². The number of rotatable bonds is 9. The minimum atomic E-state index is -1.32. The minimum absolute atomic E-state index is 0.229. The smallest absolute Gasteiger partial charge is 0.339 e. The summed E-state index contributed by atoms with van der Waals surface area (Å²) in [4.78, 5) is 49.7. The Kier molecular flexibility index (Phi) is 8.67. The standard InChI is InChI=1S/C29H26N2O7S/c32-24-15-12-19(16-23(24)29(37)38)31-27(34)25(17-6-2-1-3-7-17)39-20-13-10-18(11-14-20)30-26(33)21-8-4-5-9-22(21)28(35)36/h1-7,10-16,21-22,25,32H,8-9H2,(H,30,33)(H,31,34)(H,35,36)(H,37,38). The van der Waals surface area contributed by atoms with Gasteiger partial charge in [0.05, 0.1) is 11.8 Å². The van der Waals surface area contributed by atoms with Crippen LogP contribution in [0.15, 0.2) is 89.8 Å². The summed E-state index contributed by atoms with van der Waals surface area (Å²) in [5, 5.41) is 33.3. The van der Waals surface area contributed by atoms with Crippen molar-refractivity contribution in [3.05, 3.63) is 96.1 Å². The fraction of sp³-hybridized carbons (Fsp3) is 0.172. The van der Waals surface area contributed by atoms with E-state index < -0.39 is 40.7 Å². The van der Waals surface area contributed by atoms with Crippen LogP contribution in [0.3, 0.4) is 0 Å². The molecule has 0 bridgehead atoms. The summed E-state index contributed by atoms with van der Waals surface area (Å²) in [7, 11) is 0. The maximum Gasteiger partial charge on any atom is 0.339 e. The molecule has 0 fully saturated rings. The van der Waals surface area contributed by atoms with Gasteiger partial charge < -0.3 is 26.0 Å². The second-order valence-electron chi connectivity index (χ2n) is 8.94. The number of nitrogens with one attached hydrogen (secondary N) is 2. The van der Waals surface area contributed by atoms with Gasteiger partial charge in [0.2, 0.25) is 11.8 Å². The van der Waals surface area contributed by atoms with Gasteiger partial charge in [-0.15, -0.1) is 11.8 Å². The number of phenols is 1. The van der Waals surface area contributed by atoms with Gasteiger partial charge in [-0.05, 0) is 60.9 Å². The van der Waals surface area contributed by atoms with Crippen molar-refractivity contribution < 1.29 is 34.5 Å². The molecule has 3 aromatic rings. The molecule has 39 heavy (non-hydrogen) atoms. The van der Waals surface area contributed by atoms with Gasteiger partial charge in [0, 0.05) is 16.3 Å². The van der Waals surface area contributed by atoms with E-state index in [2.05, 4.69) is 10.6 Å². The summed E-state index contributed by atoms with van der Waals surface area (Å²) < 4.78 is 0. The number of hydrogen-bond donors (Lipinski definition) is 5. The first-order chi connectivity index (χ1) is 18.7. The third-order valence-corrected chi connectivity index (χ3v) is 7.56. The van der Waals surface area contributed by atoms with Crippen LogP contribution in [0.5, 0.6) is 5.75 Å². The fourth-order valence-electron chi connectivity index (χ4n) is 4.26. The van der Waals surface area contributed by atoms with Gasteiger partial charge in [-0.2, -0.15) is 0 Å². The number of amides is 2. The minimum Gasteiger partial charge on any atom is -0.507 e. The molecule has 2 amide bonds. The van der Waals surface area contributed by atoms with Gasteiger partial charge in [-0.3, -0.25) is 14.4 Å². The second kappa shape index (κ2) is 12.3. The highest BCUT2D eigenvalue weighted by Gasteiger charge is 2.34. The van der Waals surface area contributed by atoms with Crippen LogP contribution in [-0.4, -0.2) is 39.1 Å². The van der Waals surface area contributed by atoms with Gasteiger partial charge in [0.15, 0.2) is 0 Å². The average molecular weight is 547 g/mol. The Morgan fingerprint density at radius 1 is 0.795 bits per heavy atom. The van der Waals surface area contributed by atoms with Crippen molar-refractivity contribution in [2.24, 2.45) is 11.8 Å². The van der Waals surface area contributed by atoms with Crippen LogP contribution in [-0.2, 0) is 14.4 Å². The largest absolute Gasteiger partial charge is 0.507 e. The number of benzene rings is 3. The number of aromatic carboxylic acids is 1. The molecule has 4 rings (SSSR count). The summed E-state index contributed by atoms with van der Waals surface area (Å²) in [5.74, 6) is -4.89. The highest BCUT2D eigenvalue weighted by atomic mass is 32.2. The lowest BCUT2D eigenvalue weighted by Gasteiger charge is -2.24. The van der Waals surface area contributed by atoms with Gasteiger partial charge >= 0.3 is 11.9 Å². The van der Waals surface area contributed by atoms with Gasteiger partial charge in [-0.1, -0.05) is 42.5 Å². The Morgan fingerprint density at radius 3 is 2.08 bits per heavy atom. The molecule has 1 aliphatic rings. The third kappa shape index (κ3) is 6.85. The van der Waals surface area contributed by atoms with Crippen LogP contribution in [0.25, 0.3) is 0 Å². The van der Waals surface area contributed by atoms with Crippen LogP contribution >= 0.6 is 11.8 Å². The van der Waals surface area contributed by atoms with E-state index in [9.17, 15) is 34.5 Å². The molecule has 5 N–H and O–H groups in total. The van der Waals surface area contributed by atoms with Crippen LogP contribution in [0.4, 0.5) is 11.4 Å². The van der Waals surface area contributed by atoms with Gasteiger partial charge in [-0.25, -0.2) is 4.79 Å². The average Bonchev–Trinajstić information content (AvgIpc) is 2.93. The normalized spacial score (nSPS) is 17.1. The monoisotopic (exact) mass is 546 g/mol. The van der Waals surface area contributed by atoms with Crippen molar-refractivity contribution in [1.29, 1.82) is 0 Å². The first-order valence-electron chi connectivity index (χ1n) is 12.1. The second-order valence-corrected chi connectivity index (χ2v) is 10.1. The molecule has 3 atom stereocenters. The van der Waals surface area contributed by atoms with Crippen LogP contribution in [0.2, 0.25) is 0 Å². The number of carboxylic acid groups (broad SMARTS) is 2. The molecule has 3 aromatic carbocycles. The number of anilines is 2. The highest BCUT2D eigenvalue weighted by Crippen LogP contribution is 2.37. The fourth-order valence-corrected chi connectivity index (χ4v) is 5.28. The summed E-state index contributed by atoms with van der Waals surface area (Å²) >= 11 is 1.27. The molecule has 200 valence electrons. The molecule has 0 saturated carbocycles.